The smallest absolute Gasteiger partial charge is 0.339 e. The molecule has 1 N–H and O–H groups in total. The largest absolute Gasteiger partial charge is 0.449 e. The fraction of sp³-hybridized carbons (Fsp3) is 0.250. The number of esters is 1. The van der Waals surface area contributed by atoms with Gasteiger partial charge in [0.05, 0.1) is 5.56 Å². The van der Waals surface area contributed by atoms with Crippen LogP contribution in [0.5, 0.6) is 0 Å². The maximum Gasteiger partial charge on any atom is 0.339 e. The molecule has 4 heteroatoms. The lowest BCUT2D eigenvalue weighted by Crippen LogP contribution is -2.30. The van der Waals surface area contributed by atoms with E-state index in [4.69, 9.17) is 4.74 Å². The first kappa shape index (κ1) is 19.6. The minimum absolute atomic E-state index is 0.329. The molecule has 0 heterocycles. The second kappa shape index (κ2) is 8.70. The zero-order chi connectivity index (χ0) is 20.1. The molecule has 0 spiro atoms. The Labute approximate surface area is 165 Å². The molecular weight excluding hydrogens is 350 g/mol. The maximum atomic E-state index is 12.7. The summed E-state index contributed by atoms with van der Waals surface area (Å²) >= 11 is 0. The summed E-state index contributed by atoms with van der Waals surface area (Å²) in [5.74, 6) is -0.830. The van der Waals surface area contributed by atoms with E-state index >= 15 is 0 Å². The topological polar surface area (TPSA) is 55.4 Å². The van der Waals surface area contributed by atoms with Crippen LogP contribution in [-0.2, 0) is 22.4 Å². The van der Waals surface area contributed by atoms with E-state index < -0.39 is 12.1 Å². The number of hydrogen-bond donors (Lipinski definition) is 1. The number of anilines is 1. The normalized spacial score (nSPS) is 11.8. The highest BCUT2D eigenvalue weighted by molar-refractivity contribution is 6.05. The number of benzene rings is 3. The molecule has 1 unspecified atom stereocenters. The van der Waals surface area contributed by atoms with Crippen LogP contribution in [0.2, 0.25) is 0 Å². The van der Waals surface area contributed by atoms with E-state index in [9.17, 15) is 9.59 Å². The average Bonchev–Trinajstić information content (AvgIpc) is 2.73. The van der Waals surface area contributed by atoms with Gasteiger partial charge in [-0.15, -0.1) is 0 Å². The van der Waals surface area contributed by atoms with Crippen LogP contribution in [0.3, 0.4) is 0 Å². The number of aryl methyl sites for hydroxylation is 2. The Hall–Kier alpha value is -3.14. The highest BCUT2D eigenvalue weighted by Crippen LogP contribution is 2.24. The molecule has 4 nitrogen and oxygen atoms in total. The van der Waals surface area contributed by atoms with E-state index in [-0.39, 0.29) is 5.91 Å². The van der Waals surface area contributed by atoms with Gasteiger partial charge < -0.3 is 10.1 Å². The molecule has 1 atom stereocenters. The summed E-state index contributed by atoms with van der Waals surface area (Å²) in [7, 11) is 0. The number of amides is 1. The molecule has 0 fully saturated rings. The van der Waals surface area contributed by atoms with Crippen molar-refractivity contribution in [3.63, 3.8) is 0 Å². The number of carbonyl (C=O) groups excluding carboxylic acids is 2. The molecule has 3 aromatic carbocycles. The quantitative estimate of drug-likeness (QED) is 0.606. The van der Waals surface area contributed by atoms with Crippen LogP contribution in [0.4, 0.5) is 5.69 Å². The van der Waals surface area contributed by atoms with Gasteiger partial charge in [0.25, 0.3) is 5.91 Å². The number of hydrogen-bond acceptors (Lipinski definition) is 3. The van der Waals surface area contributed by atoms with E-state index in [0.717, 1.165) is 40.4 Å². The first-order valence-corrected chi connectivity index (χ1v) is 9.65. The third-order valence-corrected chi connectivity index (χ3v) is 4.91. The highest BCUT2D eigenvalue weighted by atomic mass is 16.5. The fourth-order valence-corrected chi connectivity index (χ4v) is 3.31. The molecule has 0 radical (unpaired) electrons. The Morgan fingerprint density at radius 2 is 1.50 bits per heavy atom. The lowest BCUT2D eigenvalue weighted by molar-refractivity contribution is -0.123. The zero-order valence-electron chi connectivity index (χ0n) is 16.5. The van der Waals surface area contributed by atoms with E-state index in [1.807, 2.05) is 68.4 Å². The van der Waals surface area contributed by atoms with Gasteiger partial charge in [0.1, 0.15) is 0 Å². The van der Waals surface area contributed by atoms with Gasteiger partial charge in [-0.2, -0.15) is 0 Å². The Morgan fingerprint density at radius 1 is 0.893 bits per heavy atom. The lowest BCUT2D eigenvalue weighted by atomic mass is 10.0. The van der Waals surface area contributed by atoms with E-state index in [1.54, 1.807) is 13.0 Å². The van der Waals surface area contributed by atoms with Gasteiger partial charge in [0, 0.05) is 5.69 Å². The van der Waals surface area contributed by atoms with Crippen molar-refractivity contribution >= 4 is 28.3 Å². The van der Waals surface area contributed by atoms with Crippen molar-refractivity contribution < 1.29 is 14.3 Å². The van der Waals surface area contributed by atoms with Crippen molar-refractivity contribution in [2.75, 3.05) is 5.32 Å². The van der Waals surface area contributed by atoms with Crippen molar-refractivity contribution in [3.05, 3.63) is 77.4 Å². The maximum absolute atomic E-state index is 12.7. The summed E-state index contributed by atoms with van der Waals surface area (Å²) in [6, 6.07) is 19.1. The van der Waals surface area contributed by atoms with Gasteiger partial charge in [0.2, 0.25) is 0 Å². The molecule has 0 saturated carbocycles. The van der Waals surface area contributed by atoms with Gasteiger partial charge >= 0.3 is 5.97 Å². The monoisotopic (exact) mass is 375 g/mol. The molecule has 0 aliphatic carbocycles. The minimum Gasteiger partial charge on any atom is -0.449 e. The van der Waals surface area contributed by atoms with Gasteiger partial charge in [-0.25, -0.2) is 4.79 Å². The van der Waals surface area contributed by atoms with Crippen molar-refractivity contribution in [3.8, 4) is 0 Å². The number of fused-ring (bicyclic) bond motifs is 1. The van der Waals surface area contributed by atoms with Crippen LogP contribution in [0.15, 0.2) is 60.7 Å². The van der Waals surface area contributed by atoms with Gasteiger partial charge in [0.15, 0.2) is 6.10 Å². The van der Waals surface area contributed by atoms with Crippen LogP contribution in [-0.4, -0.2) is 18.0 Å². The Kier molecular flexibility index (Phi) is 6.09. The molecule has 0 aliphatic rings. The fourth-order valence-electron chi connectivity index (χ4n) is 3.31. The lowest BCUT2D eigenvalue weighted by Gasteiger charge is -2.18. The standard InChI is InChI=1S/C24H25NO3/c1-4-17-11-8-12-18(5-2)22(17)25-23(26)16(3)28-24(27)21-15-9-13-19-10-6-7-14-20(19)21/h6-16H,4-5H2,1-3H3,(H,25,26). The second-order valence-electron chi connectivity index (χ2n) is 6.72. The molecular formula is C24H25NO3. The first-order chi connectivity index (χ1) is 13.5. The second-order valence-corrected chi connectivity index (χ2v) is 6.72. The third-order valence-electron chi connectivity index (χ3n) is 4.91. The van der Waals surface area contributed by atoms with Crippen molar-refractivity contribution in [2.24, 2.45) is 0 Å². The molecule has 28 heavy (non-hydrogen) atoms. The van der Waals surface area contributed by atoms with E-state index in [0.29, 0.717) is 5.56 Å². The number of nitrogens with one attached hydrogen (secondary N) is 1. The average molecular weight is 375 g/mol. The highest BCUT2D eigenvalue weighted by Gasteiger charge is 2.21. The number of rotatable bonds is 6. The molecule has 0 saturated heterocycles. The third kappa shape index (κ3) is 4.06. The Morgan fingerprint density at radius 3 is 2.18 bits per heavy atom. The summed E-state index contributed by atoms with van der Waals surface area (Å²) in [6.45, 7) is 5.70. The van der Waals surface area contributed by atoms with Crippen LogP contribution in [0.1, 0.15) is 42.3 Å². The summed E-state index contributed by atoms with van der Waals surface area (Å²) in [5.41, 5.74) is 3.42. The van der Waals surface area contributed by atoms with E-state index in [1.165, 1.54) is 0 Å². The van der Waals surface area contributed by atoms with Gasteiger partial charge in [-0.05, 0) is 47.7 Å². The minimum atomic E-state index is -0.902. The molecule has 0 bridgehead atoms. The van der Waals surface area contributed by atoms with Crippen LogP contribution in [0, 0.1) is 0 Å². The SMILES string of the molecule is CCc1cccc(CC)c1NC(=O)C(C)OC(=O)c1cccc2ccccc12. The Bertz CT molecular complexity index is 982. The predicted molar refractivity (Wildman–Crippen MR) is 113 cm³/mol. The van der Waals surface area contributed by atoms with E-state index in [2.05, 4.69) is 5.32 Å². The first-order valence-electron chi connectivity index (χ1n) is 9.65. The molecule has 0 aliphatic heterocycles. The predicted octanol–water partition coefficient (Wildman–Crippen LogP) is 5.15. The molecule has 144 valence electrons. The van der Waals surface area contributed by atoms with Gasteiger partial charge in [-0.3, -0.25) is 4.79 Å². The number of ether oxygens (including phenoxy) is 1. The van der Waals surface area contributed by atoms with Crippen LogP contribution in [0.25, 0.3) is 10.8 Å². The van der Waals surface area contributed by atoms with Crippen molar-refractivity contribution in [1.29, 1.82) is 0 Å². The number of carbonyl (C=O) groups is 2. The number of para-hydroxylation sites is 1. The van der Waals surface area contributed by atoms with Gasteiger partial charge in [-0.1, -0.05) is 68.4 Å². The van der Waals surface area contributed by atoms with Crippen molar-refractivity contribution in [2.45, 2.75) is 39.7 Å². The molecule has 0 aromatic heterocycles. The molecule has 3 rings (SSSR count). The molecule has 3 aromatic rings. The summed E-state index contributed by atoms with van der Waals surface area (Å²) in [6.07, 6.45) is 0.724. The Balaban J connectivity index is 1.77. The summed E-state index contributed by atoms with van der Waals surface area (Å²) in [4.78, 5) is 25.4. The van der Waals surface area contributed by atoms with Crippen LogP contribution >= 0.6 is 0 Å². The van der Waals surface area contributed by atoms with Crippen molar-refractivity contribution in [1.82, 2.24) is 0 Å². The summed E-state index contributed by atoms with van der Waals surface area (Å²) in [5, 5.41) is 4.73. The molecule has 1 amide bonds. The van der Waals surface area contributed by atoms with Crippen LogP contribution < -0.4 is 5.32 Å². The summed E-state index contributed by atoms with van der Waals surface area (Å²) < 4.78 is 5.47. The zero-order valence-corrected chi connectivity index (χ0v) is 16.5.